The summed E-state index contributed by atoms with van der Waals surface area (Å²) in [5.74, 6) is -0.145. The lowest BCUT2D eigenvalue weighted by Gasteiger charge is -2.07. The first-order valence-electron chi connectivity index (χ1n) is 6.62. The third kappa shape index (κ3) is 3.89. The Bertz CT molecular complexity index is 534. The van der Waals surface area contributed by atoms with E-state index in [0.29, 0.717) is 12.1 Å². The fraction of sp³-hybridized carbons (Fsp3) is 0.400. The van der Waals surface area contributed by atoms with Crippen molar-refractivity contribution in [2.24, 2.45) is 0 Å². The zero-order valence-corrected chi connectivity index (χ0v) is 11.5. The van der Waals surface area contributed by atoms with E-state index in [1.54, 1.807) is 6.07 Å². The van der Waals surface area contributed by atoms with Gasteiger partial charge in [-0.1, -0.05) is 18.2 Å². The second-order valence-electron chi connectivity index (χ2n) is 4.77. The molecule has 0 aliphatic carbocycles. The summed E-state index contributed by atoms with van der Waals surface area (Å²) in [5.41, 5.74) is 2.96. The summed E-state index contributed by atoms with van der Waals surface area (Å²) < 4.78 is 15.4. The normalized spacial score (nSPS) is 10.9. The number of nitrogens with zero attached hydrogens (tertiary/aromatic N) is 2. The molecule has 2 aromatic rings. The Morgan fingerprint density at radius 3 is 2.74 bits per heavy atom. The fourth-order valence-electron chi connectivity index (χ4n) is 2.12. The molecule has 0 aliphatic heterocycles. The third-order valence-corrected chi connectivity index (χ3v) is 3.10. The first kappa shape index (κ1) is 13.7. The summed E-state index contributed by atoms with van der Waals surface area (Å²) in [6, 6.07) is 8.95. The molecule has 0 bridgehead atoms. The van der Waals surface area contributed by atoms with Crippen molar-refractivity contribution in [2.45, 2.75) is 33.4 Å². The molecule has 0 saturated heterocycles. The molecule has 2 rings (SSSR count). The molecular weight excluding hydrogens is 241 g/mol. The monoisotopic (exact) mass is 261 g/mol. The molecule has 0 unspecified atom stereocenters. The largest absolute Gasteiger partial charge is 0.312 e. The van der Waals surface area contributed by atoms with Crippen LogP contribution in [0, 0.1) is 19.7 Å². The molecule has 3 nitrogen and oxygen atoms in total. The molecule has 0 aliphatic rings. The maximum Gasteiger partial charge on any atom is 0.127 e. The van der Waals surface area contributed by atoms with Gasteiger partial charge in [0, 0.05) is 24.3 Å². The molecule has 0 atom stereocenters. The molecule has 0 fully saturated rings. The lowest BCUT2D eigenvalue weighted by Crippen LogP contribution is -2.17. The highest BCUT2D eigenvalue weighted by atomic mass is 19.1. The molecule has 1 N–H and O–H groups in total. The maximum atomic E-state index is 13.4. The van der Waals surface area contributed by atoms with E-state index < -0.39 is 0 Å². The molecule has 0 radical (unpaired) electrons. The van der Waals surface area contributed by atoms with E-state index in [-0.39, 0.29) is 5.82 Å². The number of halogens is 1. The first-order chi connectivity index (χ1) is 9.16. The van der Waals surface area contributed by atoms with Gasteiger partial charge in [0.25, 0.3) is 0 Å². The van der Waals surface area contributed by atoms with Gasteiger partial charge in [0.1, 0.15) is 5.82 Å². The highest BCUT2D eigenvalue weighted by Gasteiger charge is 2.01. The number of aromatic nitrogens is 2. The van der Waals surface area contributed by atoms with Gasteiger partial charge in [0.2, 0.25) is 0 Å². The van der Waals surface area contributed by atoms with Crippen molar-refractivity contribution in [1.82, 2.24) is 15.1 Å². The van der Waals surface area contributed by atoms with Gasteiger partial charge < -0.3 is 5.32 Å². The zero-order valence-electron chi connectivity index (χ0n) is 11.5. The predicted molar refractivity (Wildman–Crippen MR) is 74.4 cm³/mol. The van der Waals surface area contributed by atoms with E-state index in [1.807, 2.05) is 23.7 Å². The molecule has 1 aromatic carbocycles. The van der Waals surface area contributed by atoms with Crippen LogP contribution < -0.4 is 5.32 Å². The molecule has 1 aromatic heterocycles. The molecule has 0 saturated carbocycles. The summed E-state index contributed by atoms with van der Waals surface area (Å²) in [6.07, 6.45) is 0.983. The minimum atomic E-state index is -0.145. The average Bonchev–Trinajstić information content (AvgIpc) is 2.70. The fourth-order valence-corrected chi connectivity index (χ4v) is 2.12. The van der Waals surface area contributed by atoms with Crippen LogP contribution in [0.5, 0.6) is 0 Å². The quantitative estimate of drug-likeness (QED) is 0.810. The van der Waals surface area contributed by atoms with Crippen molar-refractivity contribution in [1.29, 1.82) is 0 Å². The van der Waals surface area contributed by atoms with Gasteiger partial charge in [-0.2, -0.15) is 5.10 Å². The van der Waals surface area contributed by atoms with Crippen LogP contribution in [0.2, 0.25) is 0 Å². The van der Waals surface area contributed by atoms with Crippen LogP contribution in [-0.2, 0) is 13.1 Å². The van der Waals surface area contributed by atoms with Crippen LogP contribution in [-0.4, -0.2) is 16.3 Å². The number of hydrogen-bond donors (Lipinski definition) is 1. The van der Waals surface area contributed by atoms with E-state index in [0.717, 1.165) is 25.2 Å². The number of aryl methyl sites for hydroxylation is 3. The lowest BCUT2D eigenvalue weighted by atomic mass is 10.2. The SMILES string of the molecule is Cc1cc(C)n(CCCNCc2ccccc2F)n1. The number of benzene rings is 1. The molecule has 1 heterocycles. The van der Waals surface area contributed by atoms with Gasteiger partial charge in [-0.05, 0) is 38.9 Å². The van der Waals surface area contributed by atoms with Gasteiger partial charge >= 0.3 is 0 Å². The Kier molecular flexibility index (Phi) is 4.68. The Hall–Kier alpha value is -1.68. The second-order valence-corrected chi connectivity index (χ2v) is 4.77. The first-order valence-corrected chi connectivity index (χ1v) is 6.62. The number of hydrogen-bond acceptors (Lipinski definition) is 2. The van der Waals surface area contributed by atoms with Crippen molar-refractivity contribution in [3.05, 3.63) is 53.1 Å². The van der Waals surface area contributed by atoms with E-state index in [4.69, 9.17) is 0 Å². The predicted octanol–water partition coefficient (Wildman–Crippen LogP) is 2.82. The minimum Gasteiger partial charge on any atom is -0.312 e. The van der Waals surface area contributed by atoms with Gasteiger partial charge in [-0.15, -0.1) is 0 Å². The van der Waals surface area contributed by atoms with Crippen LogP contribution in [0.25, 0.3) is 0 Å². The van der Waals surface area contributed by atoms with Crippen LogP contribution in [0.4, 0.5) is 4.39 Å². The van der Waals surface area contributed by atoms with E-state index in [1.165, 1.54) is 11.8 Å². The maximum absolute atomic E-state index is 13.4. The van der Waals surface area contributed by atoms with Gasteiger partial charge in [0.15, 0.2) is 0 Å². The Morgan fingerprint density at radius 1 is 1.26 bits per heavy atom. The second kappa shape index (κ2) is 6.48. The minimum absolute atomic E-state index is 0.145. The highest BCUT2D eigenvalue weighted by Crippen LogP contribution is 2.06. The summed E-state index contributed by atoms with van der Waals surface area (Å²) in [6.45, 7) is 6.38. The van der Waals surface area contributed by atoms with Crippen molar-refractivity contribution in [3.63, 3.8) is 0 Å². The smallest absolute Gasteiger partial charge is 0.127 e. The Balaban J connectivity index is 1.70. The molecule has 102 valence electrons. The molecular formula is C15H20FN3. The van der Waals surface area contributed by atoms with Crippen molar-refractivity contribution >= 4 is 0 Å². The number of rotatable bonds is 6. The zero-order chi connectivity index (χ0) is 13.7. The van der Waals surface area contributed by atoms with Gasteiger partial charge in [0.05, 0.1) is 5.69 Å². The summed E-state index contributed by atoms with van der Waals surface area (Å²) in [7, 11) is 0. The average molecular weight is 261 g/mol. The Labute approximate surface area is 113 Å². The van der Waals surface area contributed by atoms with Crippen LogP contribution in [0.1, 0.15) is 23.4 Å². The molecule has 0 amide bonds. The van der Waals surface area contributed by atoms with Crippen molar-refractivity contribution in [3.8, 4) is 0 Å². The van der Waals surface area contributed by atoms with E-state index in [9.17, 15) is 4.39 Å². The van der Waals surface area contributed by atoms with Crippen LogP contribution >= 0.6 is 0 Å². The molecule has 0 spiro atoms. The summed E-state index contributed by atoms with van der Waals surface area (Å²) >= 11 is 0. The van der Waals surface area contributed by atoms with Crippen molar-refractivity contribution < 1.29 is 4.39 Å². The standard InChI is InChI=1S/C15H20FN3/c1-12-10-13(2)19(18-12)9-5-8-17-11-14-6-3-4-7-15(14)16/h3-4,6-7,10,17H,5,8-9,11H2,1-2H3. The summed E-state index contributed by atoms with van der Waals surface area (Å²) in [4.78, 5) is 0. The van der Waals surface area contributed by atoms with Crippen molar-refractivity contribution in [2.75, 3.05) is 6.54 Å². The van der Waals surface area contributed by atoms with Crippen LogP contribution in [0.15, 0.2) is 30.3 Å². The Morgan fingerprint density at radius 2 is 2.05 bits per heavy atom. The number of nitrogens with one attached hydrogen (secondary N) is 1. The van der Waals surface area contributed by atoms with Gasteiger partial charge in [-0.25, -0.2) is 4.39 Å². The van der Waals surface area contributed by atoms with Crippen LogP contribution in [0.3, 0.4) is 0 Å². The third-order valence-electron chi connectivity index (χ3n) is 3.10. The molecule has 19 heavy (non-hydrogen) atoms. The van der Waals surface area contributed by atoms with E-state index in [2.05, 4.69) is 23.4 Å². The van der Waals surface area contributed by atoms with Gasteiger partial charge in [-0.3, -0.25) is 4.68 Å². The van der Waals surface area contributed by atoms with E-state index >= 15 is 0 Å². The topological polar surface area (TPSA) is 29.9 Å². The summed E-state index contributed by atoms with van der Waals surface area (Å²) in [5, 5.41) is 7.67. The highest BCUT2D eigenvalue weighted by molar-refractivity contribution is 5.16. The lowest BCUT2D eigenvalue weighted by molar-refractivity contribution is 0.525. The molecule has 4 heteroatoms.